The van der Waals surface area contributed by atoms with Gasteiger partial charge in [-0.15, -0.1) is 10.2 Å². The van der Waals surface area contributed by atoms with Crippen molar-refractivity contribution in [1.82, 2.24) is 20.1 Å². The number of rotatable bonds is 9. The highest BCUT2D eigenvalue weighted by Gasteiger charge is 2.30. The highest BCUT2D eigenvalue weighted by Crippen LogP contribution is 2.39. The number of amides is 2. The number of furan rings is 1. The van der Waals surface area contributed by atoms with E-state index in [9.17, 15) is 9.59 Å². The lowest BCUT2D eigenvalue weighted by atomic mass is 10.2. The number of fused-ring (bicyclic) bond motifs is 1. The molecule has 1 atom stereocenters. The van der Waals surface area contributed by atoms with Crippen LogP contribution in [0, 0.1) is 0 Å². The minimum Gasteiger partial charge on any atom is -0.459 e. The molecule has 9 heteroatoms. The second-order valence-corrected chi connectivity index (χ2v) is 8.17. The van der Waals surface area contributed by atoms with Crippen molar-refractivity contribution < 1.29 is 14.0 Å². The summed E-state index contributed by atoms with van der Waals surface area (Å²) in [5.41, 5.74) is 6.05. The first-order valence-corrected chi connectivity index (χ1v) is 10.6. The molecule has 0 bridgehead atoms. The van der Waals surface area contributed by atoms with Crippen LogP contribution >= 0.6 is 11.8 Å². The van der Waals surface area contributed by atoms with Gasteiger partial charge >= 0.3 is 0 Å². The van der Waals surface area contributed by atoms with Crippen LogP contribution < -0.4 is 11.1 Å². The van der Waals surface area contributed by atoms with Gasteiger partial charge in [0.15, 0.2) is 5.16 Å². The Bertz CT molecular complexity index is 1010. The SMILES string of the molecule is CC(NC(=O)CSc1nnc(CCC(N)=O)n1C1CC1)c1cc2ccccc2o1. The maximum atomic E-state index is 12.4. The lowest BCUT2D eigenvalue weighted by Crippen LogP contribution is -2.28. The Morgan fingerprint density at radius 2 is 2.14 bits per heavy atom. The number of carbonyl (C=O) groups is 2. The van der Waals surface area contributed by atoms with Crippen LogP contribution in [0.3, 0.4) is 0 Å². The molecule has 0 saturated heterocycles. The van der Waals surface area contributed by atoms with E-state index in [4.69, 9.17) is 10.2 Å². The lowest BCUT2D eigenvalue weighted by molar-refractivity contribution is -0.119. The van der Waals surface area contributed by atoms with Crippen molar-refractivity contribution in [1.29, 1.82) is 0 Å². The Balaban J connectivity index is 1.36. The Morgan fingerprint density at radius 3 is 2.86 bits per heavy atom. The van der Waals surface area contributed by atoms with E-state index in [1.54, 1.807) is 0 Å². The maximum absolute atomic E-state index is 12.4. The zero-order valence-corrected chi connectivity index (χ0v) is 16.9. The molecule has 1 unspecified atom stereocenters. The lowest BCUT2D eigenvalue weighted by Gasteiger charge is -2.12. The standard InChI is InChI=1S/C20H23N5O3S/c1-12(16-10-13-4-2-3-5-15(13)28-16)22-19(27)11-29-20-24-23-18(9-8-17(21)26)25(20)14-6-7-14/h2-5,10,12,14H,6-9,11H2,1H3,(H2,21,26)(H,22,27). The molecule has 29 heavy (non-hydrogen) atoms. The van der Waals surface area contributed by atoms with E-state index in [-0.39, 0.29) is 30.0 Å². The van der Waals surface area contributed by atoms with E-state index in [1.165, 1.54) is 11.8 Å². The van der Waals surface area contributed by atoms with Gasteiger partial charge in [-0.1, -0.05) is 30.0 Å². The summed E-state index contributed by atoms with van der Waals surface area (Å²) in [6, 6.07) is 9.83. The molecule has 2 aromatic heterocycles. The number of nitrogens with zero attached hydrogens (tertiary/aromatic N) is 3. The largest absolute Gasteiger partial charge is 0.459 e. The highest BCUT2D eigenvalue weighted by molar-refractivity contribution is 7.99. The third kappa shape index (κ3) is 4.61. The molecule has 4 rings (SSSR count). The highest BCUT2D eigenvalue weighted by atomic mass is 32.2. The molecule has 1 aliphatic rings. The molecule has 3 N–H and O–H groups in total. The van der Waals surface area contributed by atoms with Crippen molar-refractivity contribution in [3.8, 4) is 0 Å². The van der Waals surface area contributed by atoms with Gasteiger partial charge in [0.25, 0.3) is 0 Å². The number of para-hydroxylation sites is 1. The number of thioether (sulfide) groups is 1. The first-order valence-electron chi connectivity index (χ1n) is 9.64. The minimum atomic E-state index is -0.358. The zero-order valence-electron chi connectivity index (χ0n) is 16.1. The minimum absolute atomic E-state index is 0.105. The van der Waals surface area contributed by atoms with Gasteiger partial charge in [0.1, 0.15) is 17.2 Å². The van der Waals surface area contributed by atoms with Gasteiger partial charge in [-0.25, -0.2) is 0 Å². The fourth-order valence-electron chi connectivity index (χ4n) is 3.21. The number of benzene rings is 1. The molecular weight excluding hydrogens is 390 g/mol. The summed E-state index contributed by atoms with van der Waals surface area (Å²) in [6.45, 7) is 1.90. The van der Waals surface area contributed by atoms with Crippen molar-refractivity contribution in [3.63, 3.8) is 0 Å². The van der Waals surface area contributed by atoms with Gasteiger partial charge in [-0.2, -0.15) is 0 Å². The monoisotopic (exact) mass is 413 g/mol. The number of hydrogen-bond acceptors (Lipinski definition) is 6. The molecule has 0 aliphatic heterocycles. The van der Waals surface area contributed by atoms with E-state index >= 15 is 0 Å². The summed E-state index contributed by atoms with van der Waals surface area (Å²) in [7, 11) is 0. The Kier molecular flexibility index (Phi) is 5.57. The van der Waals surface area contributed by atoms with Crippen LogP contribution in [0.1, 0.15) is 49.9 Å². The summed E-state index contributed by atoms with van der Waals surface area (Å²) in [6.07, 6.45) is 2.83. The van der Waals surface area contributed by atoms with Crippen LogP contribution in [-0.4, -0.2) is 32.3 Å². The Labute approximate surface area is 172 Å². The summed E-state index contributed by atoms with van der Waals surface area (Å²) in [5.74, 6) is 1.24. The van der Waals surface area contributed by atoms with Gasteiger partial charge in [0.2, 0.25) is 11.8 Å². The maximum Gasteiger partial charge on any atom is 0.231 e. The molecule has 1 fully saturated rings. The number of carbonyl (C=O) groups excluding carboxylic acids is 2. The van der Waals surface area contributed by atoms with Crippen molar-refractivity contribution >= 4 is 34.5 Å². The number of nitrogens with one attached hydrogen (secondary N) is 1. The van der Waals surface area contributed by atoms with Gasteiger partial charge in [0, 0.05) is 24.3 Å². The quantitative estimate of drug-likeness (QED) is 0.521. The number of aromatic nitrogens is 3. The molecule has 1 aliphatic carbocycles. The molecular formula is C20H23N5O3S. The number of primary amides is 1. The van der Waals surface area contributed by atoms with Crippen molar-refractivity contribution in [3.05, 3.63) is 41.9 Å². The first-order chi connectivity index (χ1) is 14.0. The molecule has 2 amide bonds. The van der Waals surface area contributed by atoms with Crippen LogP contribution in [0.5, 0.6) is 0 Å². The third-order valence-corrected chi connectivity index (χ3v) is 5.77. The molecule has 3 aromatic rings. The van der Waals surface area contributed by atoms with E-state index in [0.717, 1.165) is 35.4 Å². The molecule has 8 nitrogen and oxygen atoms in total. The summed E-state index contributed by atoms with van der Waals surface area (Å²) < 4.78 is 7.86. The number of nitrogens with two attached hydrogens (primary N) is 1. The van der Waals surface area contributed by atoms with E-state index in [0.29, 0.717) is 17.6 Å². The molecule has 1 aromatic carbocycles. The zero-order chi connectivity index (χ0) is 20.4. The van der Waals surface area contributed by atoms with Gasteiger partial charge in [-0.3, -0.25) is 9.59 Å². The predicted molar refractivity (Wildman–Crippen MR) is 109 cm³/mol. The molecule has 0 radical (unpaired) electrons. The topological polar surface area (TPSA) is 116 Å². The second-order valence-electron chi connectivity index (χ2n) is 7.23. The second kappa shape index (κ2) is 8.28. The average Bonchev–Trinajstić information content (AvgIpc) is 3.29. The first kappa shape index (κ1) is 19.5. The molecule has 2 heterocycles. The normalized spacial score (nSPS) is 14.8. The van der Waals surface area contributed by atoms with Crippen molar-refractivity contribution in [2.75, 3.05) is 5.75 Å². The molecule has 0 spiro atoms. The number of aryl methyl sites for hydroxylation is 1. The van der Waals surface area contributed by atoms with E-state index < -0.39 is 0 Å². The van der Waals surface area contributed by atoms with Crippen LogP contribution in [0.25, 0.3) is 11.0 Å². The Morgan fingerprint density at radius 1 is 1.34 bits per heavy atom. The molecule has 1 saturated carbocycles. The van der Waals surface area contributed by atoms with Gasteiger partial charge in [-0.05, 0) is 31.9 Å². The number of hydrogen-bond donors (Lipinski definition) is 2. The summed E-state index contributed by atoms with van der Waals surface area (Å²) in [4.78, 5) is 23.5. The van der Waals surface area contributed by atoms with Crippen LogP contribution in [-0.2, 0) is 16.0 Å². The smallest absolute Gasteiger partial charge is 0.231 e. The van der Waals surface area contributed by atoms with Gasteiger partial charge in [0.05, 0.1) is 11.8 Å². The third-order valence-electron chi connectivity index (χ3n) is 4.82. The fraction of sp³-hybridized carbons (Fsp3) is 0.400. The average molecular weight is 414 g/mol. The summed E-state index contributed by atoms with van der Waals surface area (Å²) in [5, 5.41) is 13.1. The Hall–Kier alpha value is -2.81. The fourth-order valence-corrected chi connectivity index (χ4v) is 4.05. The van der Waals surface area contributed by atoms with Crippen LogP contribution in [0.2, 0.25) is 0 Å². The van der Waals surface area contributed by atoms with Gasteiger partial charge < -0.3 is 20.0 Å². The van der Waals surface area contributed by atoms with Crippen molar-refractivity contribution in [2.24, 2.45) is 5.73 Å². The van der Waals surface area contributed by atoms with Crippen molar-refractivity contribution in [2.45, 2.75) is 49.8 Å². The predicted octanol–water partition coefficient (Wildman–Crippen LogP) is 2.75. The van der Waals surface area contributed by atoms with Crippen LogP contribution in [0.4, 0.5) is 0 Å². The molecule has 152 valence electrons. The van der Waals surface area contributed by atoms with E-state index in [1.807, 2.05) is 41.8 Å². The van der Waals surface area contributed by atoms with Crippen LogP contribution in [0.15, 0.2) is 39.9 Å². The summed E-state index contributed by atoms with van der Waals surface area (Å²) >= 11 is 1.35. The van der Waals surface area contributed by atoms with E-state index in [2.05, 4.69) is 15.5 Å².